The van der Waals surface area contributed by atoms with Crippen molar-refractivity contribution in [2.24, 2.45) is 0 Å². The first-order valence-electron chi connectivity index (χ1n) is 13.6. The predicted molar refractivity (Wildman–Crippen MR) is 169 cm³/mol. The first kappa shape index (κ1) is 23.8. The lowest BCUT2D eigenvalue weighted by Crippen LogP contribution is -2.43. The Hall–Kier alpha value is -3.24. The number of aryl methyl sites for hydroxylation is 3. The zero-order valence-corrected chi connectivity index (χ0v) is 23.9. The second kappa shape index (κ2) is 9.50. The van der Waals surface area contributed by atoms with Crippen molar-refractivity contribution in [3.63, 3.8) is 0 Å². The van der Waals surface area contributed by atoms with Crippen LogP contribution in [0.25, 0.3) is 0 Å². The number of rotatable bonds is 4. The molecule has 2 aliphatic heterocycles. The third-order valence-electron chi connectivity index (χ3n) is 7.81. The summed E-state index contributed by atoms with van der Waals surface area (Å²) in [6.07, 6.45) is 2.08. The maximum absolute atomic E-state index is 2.64. The lowest BCUT2D eigenvalue weighted by atomic mass is 10.1. The Morgan fingerprint density at radius 2 is 0.974 bits per heavy atom. The van der Waals surface area contributed by atoms with Crippen LogP contribution >= 0.6 is 15.8 Å². The van der Waals surface area contributed by atoms with Gasteiger partial charge in [0.2, 0.25) is 0 Å². The van der Waals surface area contributed by atoms with Gasteiger partial charge < -0.3 is 4.90 Å². The van der Waals surface area contributed by atoms with Gasteiger partial charge in [-0.3, -0.25) is 0 Å². The van der Waals surface area contributed by atoms with E-state index in [-0.39, 0.29) is 0 Å². The zero-order valence-electron chi connectivity index (χ0n) is 22.1. The molecule has 0 fully saturated rings. The summed E-state index contributed by atoms with van der Waals surface area (Å²) in [4.78, 5) is 2.64. The van der Waals surface area contributed by atoms with Crippen molar-refractivity contribution >= 4 is 64.7 Å². The van der Waals surface area contributed by atoms with Gasteiger partial charge >= 0.3 is 0 Å². The van der Waals surface area contributed by atoms with Gasteiger partial charge in [-0.1, -0.05) is 98.8 Å². The molecule has 7 rings (SSSR count). The Labute approximate surface area is 228 Å². The summed E-state index contributed by atoms with van der Waals surface area (Å²) in [5.74, 6) is 0. The van der Waals surface area contributed by atoms with E-state index in [1.54, 1.807) is 0 Å². The van der Waals surface area contributed by atoms with E-state index in [0.717, 1.165) is 12.8 Å². The Morgan fingerprint density at radius 3 is 1.39 bits per heavy atom. The summed E-state index contributed by atoms with van der Waals surface area (Å²) in [6.45, 7) is 6.81. The third kappa shape index (κ3) is 3.68. The van der Waals surface area contributed by atoms with Gasteiger partial charge in [0.25, 0.3) is 0 Å². The number of fused-ring (bicyclic) bond motifs is 4. The van der Waals surface area contributed by atoms with Crippen LogP contribution in [0.4, 0.5) is 17.1 Å². The van der Waals surface area contributed by atoms with E-state index >= 15 is 0 Å². The van der Waals surface area contributed by atoms with Gasteiger partial charge in [0.05, 0.1) is 17.1 Å². The van der Waals surface area contributed by atoms with Crippen molar-refractivity contribution in [3.8, 4) is 0 Å². The number of hydrogen-bond donors (Lipinski definition) is 0. The van der Waals surface area contributed by atoms with Crippen molar-refractivity contribution in [2.75, 3.05) is 4.90 Å². The fraction of sp³-hybridized carbons (Fsp3) is 0.143. The van der Waals surface area contributed by atoms with Crippen molar-refractivity contribution in [2.45, 2.75) is 33.6 Å². The summed E-state index contributed by atoms with van der Waals surface area (Å²) in [5.41, 5.74) is 8.32. The van der Waals surface area contributed by atoms with Gasteiger partial charge in [-0.05, 0) is 87.2 Å². The van der Waals surface area contributed by atoms with Crippen molar-refractivity contribution < 1.29 is 0 Å². The molecule has 3 heteroatoms. The molecule has 2 atom stereocenters. The van der Waals surface area contributed by atoms with Crippen molar-refractivity contribution in [1.29, 1.82) is 0 Å². The molecule has 0 bridgehead atoms. The van der Waals surface area contributed by atoms with Crippen LogP contribution < -0.4 is 36.7 Å². The van der Waals surface area contributed by atoms with Gasteiger partial charge in [0, 0.05) is 21.2 Å². The highest BCUT2D eigenvalue weighted by molar-refractivity contribution is 7.82. The van der Waals surface area contributed by atoms with E-state index in [0.29, 0.717) is 0 Å². The van der Waals surface area contributed by atoms with E-state index in [9.17, 15) is 0 Å². The SMILES string of the molecule is CCc1ccc2c(c1)N1c3cc(CC)ccc3P(c3ccccc3)c3cc(C)cc(c31)P2c1ccccc1. The van der Waals surface area contributed by atoms with Crippen molar-refractivity contribution in [1.82, 2.24) is 0 Å². The lowest BCUT2D eigenvalue weighted by molar-refractivity contribution is 1.13. The molecule has 5 aromatic carbocycles. The highest BCUT2D eigenvalue weighted by atomic mass is 31.1. The molecule has 0 saturated carbocycles. The summed E-state index contributed by atoms with van der Waals surface area (Å²) in [5, 5.41) is 8.77. The largest absolute Gasteiger partial charge is 0.308 e. The fourth-order valence-electron chi connectivity index (χ4n) is 5.97. The number of benzene rings is 5. The monoisotopic (exact) mass is 527 g/mol. The van der Waals surface area contributed by atoms with Crippen LogP contribution in [-0.4, -0.2) is 0 Å². The molecule has 2 aliphatic rings. The first-order chi connectivity index (χ1) is 18.7. The molecule has 5 aromatic rings. The van der Waals surface area contributed by atoms with Gasteiger partial charge in [-0.15, -0.1) is 0 Å². The van der Waals surface area contributed by atoms with Crippen LogP contribution in [0, 0.1) is 6.92 Å². The minimum Gasteiger partial charge on any atom is -0.308 e. The summed E-state index contributed by atoms with van der Waals surface area (Å²) < 4.78 is 0. The van der Waals surface area contributed by atoms with Gasteiger partial charge in [-0.2, -0.15) is 0 Å². The fourth-order valence-corrected chi connectivity index (χ4v) is 11.4. The van der Waals surface area contributed by atoms with Crippen LogP contribution in [-0.2, 0) is 12.8 Å². The Kier molecular flexibility index (Phi) is 5.96. The van der Waals surface area contributed by atoms with Crippen molar-refractivity contribution in [3.05, 3.63) is 126 Å². The van der Waals surface area contributed by atoms with Gasteiger partial charge in [0.1, 0.15) is 0 Å². The van der Waals surface area contributed by atoms with E-state index < -0.39 is 15.8 Å². The average Bonchev–Trinajstić information content (AvgIpc) is 2.97. The lowest BCUT2D eigenvalue weighted by Gasteiger charge is -2.45. The Balaban J connectivity index is 1.61. The topological polar surface area (TPSA) is 3.24 Å². The van der Waals surface area contributed by atoms with E-state index in [1.165, 1.54) is 65.6 Å². The average molecular weight is 528 g/mol. The molecule has 0 aromatic heterocycles. The van der Waals surface area contributed by atoms with Gasteiger partial charge in [0.15, 0.2) is 0 Å². The molecule has 0 N–H and O–H groups in total. The van der Waals surface area contributed by atoms with Crippen LogP contribution in [0.2, 0.25) is 0 Å². The van der Waals surface area contributed by atoms with Crippen LogP contribution in [0.1, 0.15) is 30.5 Å². The van der Waals surface area contributed by atoms with Crippen LogP contribution in [0.5, 0.6) is 0 Å². The highest BCUT2D eigenvalue weighted by Crippen LogP contribution is 2.55. The Morgan fingerprint density at radius 1 is 0.526 bits per heavy atom. The first-order valence-corrected chi connectivity index (χ1v) is 16.3. The van der Waals surface area contributed by atoms with E-state index in [4.69, 9.17) is 0 Å². The van der Waals surface area contributed by atoms with E-state index in [2.05, 4.69) is 135 Å². The van der Waals surface area contributed by atoms with E-state index in [1.807, 2.05) is 0 Å². The second-order valence-corrected chi connectivity index (χ2v) is 14.5. The third-order valence-corrected chi connectivity index (χ3v) is 12.8. The number of nitrogens with zero attached hydrogens (tertiary/aromatic N) is 1. The number of anilines is 3. The van der Waals surface area contributed by atoms with Crippen LogP contribution in [0.15, 0.2) is 109 Å². The summed E-state index contributed by atoms with van der Waals surface area (Å²) >= 11 is 0. The quantitative estimate of drug-likeness (QED) is 0.229. The molecule has 0 spiro atoms. The molecule has 0 amide bonds. The van der Waals surface area contributed by atoms with Gasteiger partial charge in [-0.25, -0.2) is 0 Å². The highest BCUT2D eigenvalue weighted by Gasteiger charge is 2.41. The molecule has 1 nitrogen and oxygen atoms in total. The normalized spacial score (nSPS) is 17.0. The smallest absolute Gasteiger partial charge is 0.0629 e. The molecule has 2 heterocycles. The zero-order chi connectivity index (χ0) is 25.8. The minimum absolute atomic E-state index is 0.667. The van der Waals surface area contributed by atoms with Crippen LogP contribution in [0.3, 0.4) is 0 Å². The molecular formula is C35H31NP2. The molecular weight excluding hydrogens is 496 g/mol. The second-order valence-electron chi connectivity index (χ2n) is 10.2. The molecule has 0 saturated heterocycles. The number of hydrogen-bond acceptors (Lipinski definition) is 1. The summed E-state index contributed by atoms with van der Waals surface area (Å²) in [7, 11) is -1.33. The molecule has 38 heavy (non-hydrogen) atoms. The molecule has 0 aliphatic carbocycles. The summed E-state index contributed by atoms with van der Waals surface area (Å²) in [6, 6.07) is 41.9. The maximum Gasteiger partial charge on any atom is 0.0629 e. The molecule has 186 valence electrons. The molecule has 2 unspecified atom stereocenters. The predicted octanol–water partition coefficient (Wildman–Crippen LogP) is 6.73. The Bertz CT molecular complexity index is 1540. The standard InChI is InChI=1S/C35H31NP2/c1-4-25-16-18-31-29(22-25)36-30-23-26(5-2)17-19-32(30)38(28-14-10-7-11-15-28)34-21-24(3)20-33(35(34)36)37(31)27-12-8-6-9-13-27/h6-23H,4-5H2,1-3H3. The molecule has 0 radical (unpaired) electrons. The maximum atomic E-state index is 2.64. The minimum atomic E-state index is -0.667.